The van der Waals surface area contributed by atoms with Crippen LogP contribution in [-0.2, 0) is 6.42 Å². The van der Waals surface area contributed by atoms with E-state index in [9.17, 15) is 4.79 Å². The number of anilines is 2. The summed E-state index contributed by atoms with van der Waals surface area (Å²) in [5, 5.41) is 3.19. The van der Waals surface area contributed by atoms with Gasteiger partial charge in [0.05, 0.1) is 5.56 Å². The molecule has 2 aromatic heterocycles. The molecule has 0 saturated heterocycles. The molecule has 0 unspecified atom stereocenters. The number of carbonyl (C=O) groups excluding carboxylic acids is 1. The van der Waals surface area contributed by atoms with Crippen molar-refractivity contribution in [2.75, 3.05) is 18.9 Å². The quantitative estimate of drug-likeness (QED) is 0.727. The van der Waals surface area contributed by atoms with E-state index >= 15 is 0 Å². The maximum atomic E-state index is 12.5. The average Bonchev–Trinajstić information content (AvgIpc) is 2.69. The zero-order valence-electron chi connectivity index (χ0n) is 15.8. The number of aryl methyl sites for hydroxylation is 2. The van der Waals surface area contributed by atoms with Gasteiger partial charge in [-0.1, -0.05) is 17.7 Å². The summed E-state index contributed by atoms with van der Waals surface area (Å²) in [6, 6.07) is 10.0. The van der Waals surface area contributed by atoms with Crippen LogP contribution in [0.4, 0.5) is 11.6 Å². The Hall–Kier alpha value is -3.28. The maximum Gasteiger partial charge on any atom is 0.256 e. The van der Waals surface area contributed by atoms with Gasteiger partial charge in [-0.2, -0.15) is 0 Å². The van der Waals surface area contributed by atoms with Crippen molar-refractivity contribution in [3.05, 3.63) is 77.4 Å². The van der Waals surface area contributed by atoms with Crippen molar-refractivity contribution in [1.29, 1.82) is 0 Å². The number of hydrogen-bond acceptors (Lipinski definition) is 5. The first-order valence-corrected chi connectivity index (χ1v) is 8.83. The molecule has 0 radical (unpaired) electrons. The zero-order valence-corrected chi connectivity index (χ0v) is 15.8. The minimum atomic E-state index is -0.0953. The molecule has 0 atom stereocenters. The summed E-state index contributed by atoms with van der Waals surface area (Å²) >= 11 is 0. The highest BCUT2D eigenvalue weighted by molar-refractivity contribution is 5.93. The molecular weight excluding hydrogens is 338 g/mol. The second-order valence-electron chi connectivity index (χ2n) is 6.57. The number of rotatable bonds is 6. The molecule has 6 nitrogen and oxygen atoms in total. The van der Waals surface area contributed by atoms with Crippen molar-refractivity contribution in [2.45, 2.75) is 20.3 Å². The van der Waals surface area contributed by atoms with Crippen molar-refractivity contribution >= 4 is 17.5 Å². The summed E-state index contributed by atoms with van der Waals surface area (Å²) in [4.78, 5) is 26.8. The first-order valence-electron chi connectivity index (χ1n) is 8.83. The van der Waals surface area contributed by atoms with Gasteiger partial charge in [-0.25, -0.2) is 9.97 Å². The van der Waals surface area contributed by atoms with Gasteiger partial charge in [0, 0.05) is 44.1 Å². The molecule has 3 rings (SSSR count). The van der Waals surface area contributed by atoms with Gasteiger partial charge in [0.15, 0.2) is 0 Å². The number of hydrogen-bond donors (Lipinski definition) is 1. The topological polar surface area (TPSA) is 71.0 Å². The van der Waals surface area contributed by atoms with Crippen LogP contribution in [0.5, 0.6) is 0 Å². The Kier molecular flexibility index (Phi) is 5.76. The van der Waals surface area contributed by atoms with Crippen molar-refractivity contribution in [3.63, 3.8) is 0 Å². The molecule has 0 aliphatic heterocycles. The Morgan fingerprint density at radius 3 is 2.44 bits per heavy atom. The predicted octanol–water partition coefficient (Wildman–Crippen LogP) is 3.55. The van der Waals surface area contributed by atoms with Crippen LogP contribution >= 0.6 is 0 Å². The number of benzene rings is 1. The summed E-state index contributed by atoms with van der Waals surface area (Å²) in [6.07, 6.45) is 7.41. The van der Waals surface area contributed by atoms with Crippen LogP contribution in [0.15, 0.2) is 55.1 Å². The molecule has 0 bridgehead atoms. The molecule has 0 spiro atoms. The molecule has 2 heterocycles. The van der Waals surface area contributed by atoms with E-state index in [0.717, 1.165) is 23.2 Å². The molecule has 3 aromatic rings. The van der Waals surface area contributed by atoms with Crippen LogP contribution in [-0.4, -0.2) is 39.4 Å². The van der Waals surface area contributed by atoms with E-state index < -0.39 is 0 Å². The van der Waals surface area contributed by atoms with E-state index in [1.54, 1.807) is 36.7 Å². The van der Waals surface area contributed by atoms with Gasteiger partial charge in [-0.05, 0) is 49.6 Å². The summed E-state index contributed by atoms with van der Waals surface area (Å²) in [5.74, 6) is 0.375. The number of amides is 1. The molecule has 0 fully saturated rings. The van der Waals surface area contributed by atoms with Crippen molar-refractivity contribution in [1.82, 2.24) is 19.9 Å². The Morgan fingerprint density at radius 2 is 1.78 bits per heavy atom. The molecule has 1 aromatic carbocycles. The number of carbonyl (C=O) groups is 1. The van der Waals surface area contributed by atoms with E-state index in [-0.39, 0.29) is 5.91 Å². The third kappa shape index (κ3) is 4.88. The summed E-state index contributed by atoms with van der Waals surface area (Å²) < 4.78 is 0. The lowest BCUT2D eigenvalue weighted by Gasteiger charge is -2.17. The van der Waals surface area contributed by atoms with Crippen LogP contribution in [0.3, 0.4) is 0 Å². The van der Waals surface area contributed by atoms with Crippen molar-refractivity contribution in [3.8, 4) is 0 Å². The van der Waals surface area contributed by atoms with Crippen LogP contribution in [0, 0.1) is 13.8 Å². The fraction of sp³-hybridized carbons (Fsp3) is 0.238. The van der Waals surface area contributed by atoms with E-state index in [4.69, 9.17) is 0 Å². The van der Waals surface area contributed by atoms with Gasteiger partial charge in [-0.3, -0.25) is 9.78 Å². The highest BCUT2D eigenvalue weighted by Crippen LogP contribution is 2.19. The fourth-order valence-electron chi connectivity index (χ4n) is 2.75. The molecule has 138 valence electrons. The average molecular weight is 361 g/mol. The Labute approximate surface area is 159 Å². The van der Waals surface area contributed by atoms with E-state index in [1.807, 2.05) is 31.2 Å². The maximum absolute atomic E-state index is 12.5. The van der Waals surface area contributed by atoms with Crippen LogP contribution in [0.25, 0.3) is 0 Å². The second kappa shape index (κ2) is 8.40. The Balaban J connectivity index is 1.61. The third-order valence-electron chi connectivity index (χ3n) is 4.36. The van der Waals surface area contributed by atoms with E-state index in [0.29, 0.717) is 18.1 Å². The lowest BCUT2D eigenvalue weighted by Crippen LogP contribution is -2.29. The van der Waals surface area contributed by atoms with E-state index in [1.165, 1.54) is 5.56 Å². The standard InChI is InChI=1S/C21H23N5O/c1-15-4-5-19(16(2)12-15)25-21-23-13-18(14-24-21)20(27)26(3)11-8-17-6-9-22-10-7-17/h4-7,9-10,12-14H,8,11H2,1-3H3,(H,23,24,25). The Morgan fingerprint density at radius 1 is 1.07 bits per heavy atom. The molecule has 27 heavy (non-hydrogen) atoms. The highest BCUT2D eigenvalue weighted by atomic mass is 16.2. The molecule has 6 heteroatoms. The second-order valence-corrected chi connectivity index (χ2v) is 6.57. The minimum Gasteiger partial charge on any atom is -0.341 e. The molecule has 1 amide bonds. The van der Waals surface area contributed by atoms with Gasteiger partial charge in [0.2, 0.25) is 5.95 Å². The number of pyridine rings is 1. The van der Waals surface area contributed by atoms with Gasteiger partial charge < -0.3 is 10.2 Å². The number of likely N-dealkylation sites (N-methyl/N-ethyl adjacent to an activating group) is 1. The van der Waals surface area contributed by atoms with Gasteiger partial charge in [0.25, 0.3) is 5.91 Å². The van der Waals surface area contributed by atoms with Gasteiger partial charge in [-0.15, -0.1) is 0 Å². The first kappa shape index (κ1) is 18.5. The summed E-state index contributed by atoms with van der Waals surface area (Å²) in [7, 11) is 1.78. The monoisotopic (exact) mass is 361 g/mol. The lowest BCUT2D eigenvalue weighted by atomic mass is 10.1. The molecule has 0 aliphatic carbocycles. The van der Waals surface area contributed by atoms with Crippen LogP contribution in [0.2, 0.25) is 0 Å². The van der Waals surface area contributed by atoms with Crippen molar-refractivity contribution < 1.29 is 4.79 Å². The Bertz CT molecular complexity index is 910. The molecule has 1 N–H and O–H groups in total. The third-order valence-corrected chi connectivity index (χ3v) is 4.36. The van der Waals surface area contributed by atoms with Crippen molar-refractivity contribution in [2.24, 2.45) is 0 Å². The molecule has 0 aliphatic rings. The fourth-order valence-corrected chi connectivity index (χ4v) is 2.75. The highest BCUT2D eigenvalue weighted by Gasteiger charge is 2.13. The zero-order chi connectivity index (χ0) is 19.2. The molecule has 0 saturated carbocycles. The minimum absolute atomic E-state index is 0.0953. The SMILES string of the molecule is Cc1ccc(Nc2ncc(C(=O)N(C)CCc3ccncc3)cn2)c(C)c1. The lowest BCUT2D eigenvalue weighted by molar-refractivity contribution is 0.0796. The smallest absolute Gasteiger partial charge is 0.256 e. The molecular formula is C21H23N5O. The summed E-state index contributed by atoms with van der Waals surface area (Å²) in [5.41, 5.74) is 4.89. The number of nitrogens with zero attached hydrogens (tertiary/aromatic N) is 4. The van der Waals surface area contributed by atoms with Gasteiger partial charge in [0.1, 0.15) is 0 Å². The first-order chi connectivity index (χ1) is 13.0. The largest absolute Gasteiger partial charge is 0.341 e. The number of aromatic nitrogens is 3. The van der Waals surface area contributed by atoms with Crippen LogP contribution in [0.1, 0.15) is 27.0 Å². The van der Waals surface area contributed by atoms with Gasteiger partial charge >= 0.3 is 0 Å². The van der Waals surface area contributed by atoms with E-state index in [2.05, 4.69) is 33.3 Å². The summed E-state index contributed by atoms with van der Waals surface area (Å²) in [6.45, 7) is 4.70. The predicted molar refractivity (Wildman–Crippen MR) is 106 cm³/mol. The number of nitrogens with one attached hydrogen (secondary N) is 1. The normalized spacial score (nSPS) is 10.5. The van der Waals surface area contributed by atoms with Crippen LogP contribution < -0.4 is 5.32 Å².